The number of likely N-dealkylation sites (N-methyl/N-ethyl adjacent to an activating group) is 1. The summed E-state index contributed by atoms with van der Waals surface area (Å²) in [5.74, 6) is 0.861. The highest BCUT2D eigenvalue weighted by atomic mass is 35.5. The van der Waals surface area contributed by atoms with Crippen LogP contribution in [-0.4, -0.2) is 33.9 Å². The summed E-state index contributed by atoms with van der Waals surface area (Å²) >= 11 is 5.98. The first-order valence-corrected chi connectivity index (χ1v) is 8.99. The lowest BCUT2D eigenvalue weighted by Gasteiger charge is -2.20. The summed E-state index contributed by atoms with van der Waals surface area (Å²) in [6, 6.07) is 12.4. The molecule has 2 aromatic carbocycles. The maximum Gasteiger partial charge on any atom is 0.260 e. The molecular formula is C20H20ClN3O3. The van der Waals surface area contributed by atoms with Crippen molar-refractivity contribution in [2.24, 2.45) is 0 Å². The van der Waals surface area contributed by atoms with E-state index < -0.39 is 0 Å². The number of fused-ring (bicyclic) bond motifs is 1. The molecule has 0 saturated carbocycles. The summed E-state index contributed by atoms with van der Waals surface area (Å²) in [7, 11) is 0. The number of nitrogens with one attached hydrogen (secondary N) is 1. The third-order valence-electron chi connectivity index (χ3n) is 4.14. The molecule has 3 rings (SSSR count). The van der Waals surface area contributed by atoms with E-state index in [0.717, 1.165) is 5.56 Å². The fourth-order valence-electron chi connectivity index (χ4n) is 2.73. The average Bonchev–Trinajstić information content (AvgIpc) is 2.64. The van der Waals surface area contributed by atoms with E-state index in [1.54, 1.807) is 23.1 Å². The smallest absolute Gasteiger partial charge is 0.260 e. The number of benzene rings is 2. The predicted molar refractivity (Wildman–Crippen MR) is 105 cm³/mol. The number of aromatic nitrogens is 2. The van der Waals surface area contributed by atoms with E-state index in [1.165, 1.54) is 0 Å². The number of halogens is 1. The largest absolute Gasteiger partial charge is 0.484 e. The maximum atomic E-state index is 12.5. The Morgan fingerprint density at radius 2 is 2.07 bits per heavy atom. The molecule has 0 radical (unpaired) electrons. The highest BCUT2D eigenvalue weighted by Gasteiger charge is 2.15. The van der Waals surface area contributed by atoms with Gasteiger partial charge in [0.25, 0.3) is 11.5 Å². The normalized spacial score (nSPS) is 10.8. The number of aryl methyl sites for hydroxylation is 1. The maximum absolute atomic E-state index is 12.5. The number of nitrogens with zero attached hydrogens (tertiary/aromatic N) is 2. The van der Waals surface area contributed by atoms with E-state index in [1.807, 2.05) is 38.1 Å². The van der Waals surface area contributed by atoms with Crippen molar-refractivity contribution >= 4 is 28.4 Å². The number of H-pyrrole nitrogens is 1. The number of amides is 1. The van der Waals surface area contributed by atoms with Gasteiger partial charge in [0.2, 0.25) is 0 Å². The van der Waals surface area contributed by atoms with Crippen LogP contribution in [-0.2, 0) is 11.3 Å². The molecule has 0 aliphatic heterocycles. The van der Waals surface area contributed by atoms with Crippen molar-refractivity contribution < 1.29 is 9.53 Å². The van der Waals surface area contributed by atoms with Crippen LogP contribution >= 0.6 is 11.6 Å². The minimum atomic E-state index is -0.258. The quantitative estimate of drug-likeness (QED) is 0.706. The fraction of sp³-hybridized carbons (Fsp3) is 0.250. The van der Waals surface area contributed by atoms with Gasteiger partial charge in [0.15, 0.2) is 6.61 Å². The molecule has 140 valence electrons. The Bertz CT molecular complexity index is 1030. The molecular weight excluding hydrogens is 366 g/mol. The number of carbonyl (C=O) groups is 1. The molecule has 0 saturated heterocycles. The van der Waals surface area contributed by atoms with Crippen molar-refractivity contribution in [2.45, 2.75) is 20.4 Å². The van der Waals surface area contributed by atoms with Gasteiger partial charge in [-0.2, -0.15) is 0 Å². The van der Waals surface area contributed by atoms with Crippen LogP contribution < -0.4 is 10.3 Å². The van der Waals surface area contributed by atoms with Crippen molar-refractivity contribution in [2.75, 3.05) is 13.2 Å². The Kier molecular flexibility index (Phi) is 5.76. The van der Waals surface area contributed by atoms with Crippen molar-refractivity contribution in [1.82, 2.24) is 14.9 Å². The molecule has 1 heterocycles. The third-order valence-corrected chi connectivity index (χ3v) is 4.38. The lowest BCUT2D eigenvalue weighted by Crippen LogP contribution is -2.35. The van der Waals surface area contributed by atoms with Crippen LogP contribution in [0.5, 0.6) is 5.75 Å². The Balaban J connectivity index is 1.73. The second kappa shape index (κ2) is 8.22. The molecule has 3 aromatic rings. The zero-order valence-corrected chi connectivity index (χ0v) is 15.9. The topological polar surface area (TPSA) is 75.3 Å². The van der Waals surface area contributed by atoms with Crippen LogP contribution in [0.15, 0.2) is 47.3 Å². The van der Waals surface area contributed by atoms with E-state index in [-0.39, 0.29) is 24.6 Å². The zero-order chi connectivity index (χ0) is 19.4. The first-order chi connectivity index (χ1) is 13.0. The Morgan fingerprint density at radius 1 is 1.26 bits per heavy atom. The van der Waals surface area contributed by atoms with Crippen molar-refractivity contribution in [3.63, 3.8) is 0 Å². The molecule has 0 bridgehead atoms. The molecule has 0 atom stereocenters. The highest BCUT2D eigenvalue weighted by Crippen LogP contribution is 2.15. The SMILES string of the molecule is CCN(Cc1nc2cc(Cl)ccc2c(=O)[nH]1)C(=O)COc1cccc(C)c1. The number of hydrogen-bond acceptors (Lipinski definition) is 4. The highest BCUT2D eigenvalue weighted by molar-refractivity contribution is 6.31. The predicted octanol–water partition coefficient (Wildman–Crippen LogP) is 3.31. The van der Waals surface area contributed by atoms with Crippen molar-refractivity contribution in [3.8, 4) is 5.75 Å². The van der Waals surface area contributed by atoms with Gasteiger partial charge in [-0.05, 0) is 49.7 Å². The van der Waals surface area contributed by atoms with E-state index in [2.05, 4.69) is 9.97 Å². The summed E-state index contributed by atoms with van der Waals surface area (Å²) in [5.41, 5.74) is 1.30. The lowest BCUT2D eigenvalue weighted by atomic mass is 10.2. The van der Waals surface area contributed by atoms with E-state index >= 15 is 0 Å². The monoisotopic (exact) mass is 385 g/mol. The lowest BCUT2D eigenvalue weighted by molar-refractivity contribution is -0.133. The number of ether oxygens (including phenoxy) is 1. The van der Waals surface area contributed by atoms with Gasteiger partial charge in [-0.3, -0.25) is 9.59 Å². The first-order valence-electron chi connectivity index (χ1n) is 8.62. The van der Waals surface area contributed by atoms with Crippen LogP contribution in [0.1, 0.15) is 18.3 Å². The number of aromatic amines is 1. The summed E-state index contributed by atoms with van der Waals surface area (Å²) in [6.07, 6.45) is 0. The van der Waals surface area contributed by atoms with Gasteiger partial charge in [-0.15, -0.1) is 0 Å². The van der Waals surface area contributed by atoms with Gasteiger partial charge in [0.1, 0.15) is 11.6 Å². The molecule has 0 aliphatic rings. The van der Waals surface area contributed by atoms with Crippen LogP contribution in [0, 0.1) is 6.92 Å². The van der Waals surface area contributed by atoms with Gasteiger partial charge >= 0.3 is 0 Å². The van der Waals surface area contributed by atoms with Gasteiger partial charge in [0.05, 0.1) is 17.4 Å². The summed E-state index contributed by atoms with van der Waals surface area (Å²) in [5, 5.41) is 0.960. The minimum Gasteiger partial charge on any atom is -0.484 e. The zero-order valence-electron chi connectivity index (χ0n) is 15.2. The molecule has 1 aromatic heterocycles. The van der Waals surface area contributed by atoms with Crippen LogP contribution in [0.3, 0.4) is 0 Å². The summed E-state index contributed by atoms with van der Waals surface area (Å²) in [4.78, 5) is 33.4. The van der Waals surface area contributed by atoms with Crippen LogP contribution in [0.2, 0.25) is 5.02 Å². The van der Waals surface area contributed by atoms with Gasteiger partial charge < -0.3 is 14.6 Å². The second-order valence-corrected chi connectivity index (χ2v) is 6.62. The molecule has 1 amide bonds. The molecule has 0 fully saturated rings. The summed E-state index contributed by atoms with van der Waals surface area (Å²) < 4.78 is 5.58. The molecule has 6 nitrogen and oxygen atoms in total. The van der Waals surface area contributed by atoms with E-state index in [4.69, 9.17) is 16.3 Å². The number of rotatable bonds is 6. The van der Waals surface area contributed by atoms with Gasteiger partial charge in [-0.1, -0.05) is 23.7 Å². The van der Waals surface area contributed by atoms with E-state index in [9.17, 15) is 9.59 Å². The molecule has 1 N–H and O–H groups in total. The van der Waals surface area contributed by atoms with Crippen molar-refractivity contribution in [1.29, 1.82) is 0 Å². The van der Waals surface area contributed by atoms with Gasteiger partial charge in [-0.25, -0.2) is 4.98 Å². The standard InChI is InChI=1S/C20H20ClN3O3/c1-3-24(19(25)12-27-15-6-4-5-13(2)9-15)11-18-22-17-10-14(21)7-8-16(17)20(26)23-18/h4-10H,3,11-12H2,1-2H3,(H,22,23,26). The van der Waals surface area contributed by atoms with E-state index in [0.29, 0.717) is 34.0 Å². The molecule has 7 heteroatoms. The van der Waals surface area contributed by atoms with Gasteiger partial charge in [0, 0.05) is 11.6 Å². The Morgan fingerprint density at radius 3 is 2.81 bits per heavy atom. The van der Waals surface area contributed by atoms with Crippen LogP contribution in [0.25, 0.3) is 10.9 Å². The summed E-state index contributed by atoms with van der Waals surface area (Å²) in [6.45, 7) is 4.39. The molecule has 0 aliphatic carbocycles. The first kappa shape index (κ1) is 18.9. The number of hydrogen-bond donors (Lipinski definition) is 1. The molecule has 0 unspecified atom stereocenters. The van der Waals surface area contributed by atoms with Crippen molar-refractivity contribution in [3.05, 3.63) is 69.2 Å². The Hall–Kier alpha value is -2.86. The third kappa shape index (κ3) is 4.65. The second-order valence-electron chi connectivity index (χ2n) is 6.19. The average molecular weight is 386 g/mol. The van der Waals surface area contributed by atoms with Crippen LogP contribution in [0.4, 0.5) is 0 Å². The number of carbonyl (C=O) groups excluding carboxylic acids is 1. The minimum absolute atomic E-state index is 0.0824. The molecule has 0 spiro atoms. The molecule has 27 heavy (non-hydrogen) atoms. The Labute approximate surface area is 161 Å². The fourth-order valence-corrected chi connectivity index (χ4v) is 2.90.